The molecule has 1 aromatic carbocycles. The van der Waals surface area contributed by atoms with Gasteiger partial charge in [0.15, 0.2) is 0 Å². The number of benzene rings is 1. The van der Waals surface area contributed by atoms with E-state index in [0.29, 0.717) is 5.75 Å². The van der Waals surface area contributed by atoms with Crippen molar-refractivity contribution < 1.29 is 9.66 Å². The molecule has 0 saturated carbocycles. The Bertz CT molecular complexity index is 558. The molecule has 0 aliphatic heterocycles. The van der Waals surface area contributed by atoms with Crippen LogP contribution in [0.5, 0.6) is 5.75 Å². The van der Waals surface area contributed by atoms with Crippen LogP contribution in [-0.4, -0.2) is 9.91 Å². The predicted molar refractivity (Wildman–Crippen MR) is 66.1 cm³/mol. The number of hydrogen-bond donors (Lipinski definition) is 1. The highest BCUT2D eigenvalue weighted by atomic mass is 16.6. The Labute approximate surface area is 103 Å². The molecule has 6 nitrogen and oxygen atoms in total. The van der Waals surface area contributed by atoms with E-state index in [1.165, 1.54) is 12.1 Å². The maximum Gasteiger partial charge on any atom is 0.295 e. The van der Waals surface area contributed by atoms with E-state index in [1.807, 2.05) is 12.1 Å². The SMILES string of the molecule is Nc1ccc(OCc2ccccn2)cc1[N+](=O)[O-]. The number of nitro groups is 1. The van der Waals surface area contributed by atoms with Gasteiger partial charge in [-0.1, -0.05) is 6.07 Å². The number of nitrogens with two attached hydrogens (primary N) is 1. The summed E-state index contributed by atoms with van der Waals surface area (Å²) in [5.41, 5.74) is 6.19. The average Bonchev–Trinajstić information content (AvgIpc) is 2.38. The fourth-order valence-corrected chi connectivity index (χ4v) is 1.41. The molecule has 92 valence electrons. The largest absolute Gasteiger partial charge is 0.487 e. The van der Waals surface area contributed by atoms with Gasteiger partial charge in [0.1, 0.15) is 18.0 Å². The molecule has 1 heterocycles. The van der Waals surface area contributed by atoms with Crippen molar-refractivity contribution in [3.8, 4) is 5.75 Å². The van der Waals surface area contributed by atoms with Gasteiger partial charge in [-0.3, -0.25) is 15.1 Å². The third-order valence-electron chi connectivity index (χ3n) is 2.31. The Morgan fingerprint density at radius 1 is 1.33 bits per heavy atom. The van der Waals surface area contributed by atoms with Crippen LogP contribution in [0.2, 0.25) is 0 Å². The Kier molecular flexibility index (Phi) is 3.38. The fraction of sp³-hybridized carbons (Fsp3) is 0.0833. The van der Waals surface area contributed by atoms with Gasteiger partial charge >= 0.3 is 0 Å². The lowest BCUT2D eigenvalue weighted by molar-refractivity contribution is -0.384. The zero-order chi connectivity index (χ0) is 13.0. The molecule has 0 bridgehead atoms. The van der Waals surface area contributed by atoms with Crippen LogP contribution in [0, 0.1) is 10.1 Å². The van der Waals surface area contributed by atoms with Crippen molar-refractivity contribution in [2.24, 2.45) is 0 Å². The standard InChI is InChI=1S/C12H11N3O3/c13-11-5-4-10(7-12(11)15(16)17)18-8-9-3-1-2-6-14-9/h1-7H,8,13H2. The highest BCUT2D eigenvalue weighted by Gasteiger charge is 2.12. The monoisotopic (exact) mass is 245 g/mol. The maximum atomic E-state index is 10.7. The van der Waals surface area contributed by atoms with Crippen LogP contribution in [0.4, 0.5) is 11.4 Å². The predicted octanol–water partition coefficient (Wildman–Crippen LogP) is 2.15. The minimum absolute atomic E-state index is 0.116. The average molecular weight is 245 g/mol. The number of hydrogen-bond acceptors (Lipinski definition) is 5. The van der Waals surface area contributed by atoms with Crippen molar-refractivity contribution in [3.63, 3.8) is 0 Å². The summed E-state index contributed by atoms with van der Waals surface area (Å²) in [5.74, 6) is 0.390. The highest BCUT2D eigenvalue weighted by molar-refractivity contribution is 5.60. The van der Waals surface area contributed by atoms with Crippen LogP contribution in [0.15, 0.2) is 42.6 Å². The van der Waals surface area contributed by atoms with E-state index in [2.05, 4.69) is 4.98 Å². The maximum absolute atomic E-state index is 10.7. The number of nitrogen functional groups attached to an aromatic ring is 1. The van der Waals surface area contributed by atoms with Gasteiger partial charge in [0.05, 0.1) is 16.7 Å². The summed E-state index contributed by atoms with van der Waals surface area (Å²) in [7, 11) is 0. The van der Waals surface area contributed by atoms with Crippen molar-refractivity contribution >= 4 is 11.4 Å². The van der Waals surface area contributed by atoms with Crippen LogP contribution in [-0.2, 0) is 6.61 Å². The second kappa shape index (κ2) is 5.13. The van der Waals surface area contributed by atoms with E-state index >= 15 is 0 Å². The lowest BCUT2D eigenvalue weighted by Crippen LogP contribution is -2.00. The first-order valence-corrected chi connectivity index (χ1v) is 5.23. The van der Waals surface area contributed by atoms with Crippen LogP contribution in [0.3, 0.4) is 0 Å². The van der Waals surface area contributed by atoms with Crippen molar-refractivity contribution in [1.29, 1.82) is 0 Å². The Hall–Kier alpha value is -2.63. The molecular formula is C12H11N3O3. The van der Waals surface area contributed by atoms with E-state index < -0.39 is 4.92 Å². The summed E-state index contributed by atoms with van der Waals surface area (Å²) in [6.45, 7) is 0.252. The molecule has 2 aromatic rings. The molecule has 0 radical (unpaired) electrons. The lowest BCUT2D eigenvalue weighted by Gasteiger charge is -2.06. The van der Waals surface area contributed by atoms with Gasteiger partial charge in [-0.25, -0.2) is 0 Å². The van der Waals surface area contributed by atoms with Crippen LogP contribution < -0.4 is 10.5 Å². The molecule has 0 aliphatic rings. The van der Waals surface area contributed by atoms with Crippen molar-refractivity contribution in [2.45, 2.75) is 6.61 Å². The zero-order valence-electron chi connectivity index (χ0n) is 9.45. The van der Waals surface area contributed by atoms with Gasteiger partial charge in [-0.05, 0) is 24.3 Å². The summed E-state index contributed by atoms with van der Waals surface area (Å²) in [6.07, 6.45) is 1.66. The van der Waals surface area contributed by atoms with Gasteiger partial charge in [0.25, 0.3) is 5.69 Å². The summed E-state index contributed by atoms with van der Waals surface area (Å²) in [4.78, 5) is 14.3. The second-order valence-corrected chi connectivity index (χ2v) is 3.59. The molecule has 1 aromatic heterocycles. The molecule has 0 aliphatic carbocycles. The molecule has 6 heteroatoms. The first-order valence-electron chi connectivity index (χ1n) is 5.23. The van der Waals surface area contributed by atoms with Crippen LogP contribution in [0.1, 0.15) is 5.69 Å². The molecule has 0 amide bonds. The number of rotatable bonds is 4. The Morgan fingerprint density at radius 3 is 2.83 bits per heavy atom. The van der Waals surface area contributed by atoms with E-state index in [4.69, 9.17) is 10.5 Å². The van der Waals surface area contributed by atoms with E-state index in [0.717, 1.165) is 5.69 Å². The fourth-order valence-electron chi connectivity index (χ4n) is 1.41. The van der Waals surface area contributed by atoms with Gasteiger partial charge in [-0.2, -0.15) is 0 Å². The summed E-state index contributed by atoms with van der Waals surface area (Å²) in [5, 5.41) is 10.7. The number of nitro benzene ring substituents is 1. The third kappa shape index (κ3) is 2.73. The van der Waals surface area contributed by atoms with Crippen LogP contribution >= 0.6 is 0 Å². The number of ether oxygens (including phenoxy) is 1. The van der Waals surface area contributed by atoms with Crippen LogP contribution in [0.25, 0.3) is 0 Å². The summed E-state index contributed by atoms with van der Waals surface area (Å²) < 4.78 is 5.42. The van der Waals surface area contributed by atoms with Crippen molar-refractivity contribution in [2.75, 3.05) is 5.73 Å². The van der Waals surface area contributed by atoms with Crippen molar-refractivity contribution in [1.82, 2.24) is 4.98 Å². The Morgan fingerprint density at radius 2 is 2.17 bits per heavy atom. The highest BCUT2D eigenvalue weighted by Crippen LogP contribution is 2.26. The summed E-state index contributed by atoms with van der Waals surface area (Å²) >= 11 is 0. The third-order valence-corrected chi connectivity index (χ3v) is 2.31. The van der Waals surface area contributed by atoms with E-state index in [-0.39, 0.29) is 18.0 Å². The van der Waals surface area contributed by atoms with Gasteiger partial charge in [-0.15, -0.1) is 0 Å². The smallest absolute Gasteiger partial charge is 0.295 e. The summed E-state index contributed by atoms with van der Waals surface area (Å²) in [6, 6.07) is 9.80. The van der Waals surface area contributed by atoms with E-state index in [1.54, 1.807) is 18.3 Å². The van der Waals surface area contributed by atoms with Crippen molar-refractivity contribution in [3.05, 3.63) is 58.4 Å². The number of anilines is 1. The quantitative estimate of drug-likeness (QED) is 0.506. The zero-order valence-corrected chi connectivity index (χ0v) is 9.45. The minimum Gasteiger partial charge on any atom is -0.487 e. The molecule has 0 fully saturated rings. The van der Waals surface area contributed by atoms with Gasteiger partial charge in [0.2, 0.25) is 0 Å². The normalized spacial score (nSPS) is 10.0. The second-order valence-electron chi connectivity index (χ2n) is 3.59. The lowest BCUT2D eigenvalue weighted by atomic mass is 10.2. The molecule has 0 saturated heterocycles. The first-order chi connectivity index (χ1) is 8.66. The molecule has 18 heavy (non-hydrogen) atoms. The molecule has 2 rings (SSSR count). The first kappa shape index (κ1) is 11.8. The number of aromatic nitrogens is 1. The number of pyridine rings is 1. The minimum atomic E-state index is -0.539. The van der Waals surface area contributed by atoms with Gasteiger partial charge < -0.3 is 10.5 Å². The topological polar surface area (TPSA) is 91.3 Å². The molecule has 0 atom stereocenters. The van der Waals surface area contributed by atoms with E-state index in [9.17, 15) is 10.1 Å². The molecular weight excluding hydrogens is 234 g/mol. The number of nitrogens with zero attached hydrogens (tertiary/aromatic N) is 2. The Balaban J connectivity index is 2.11. The molecule has 2 N–H and O–H groups in total. The molecule has 0 spiro atoms. The van der Waals surface area contributed by atoms with Gasteiger partial charge in [0, 0.05) is 6.20 Å². The molecule has 0 unspecified atom stereocenters.